The van der Waals surface area contributed by atoms with Gasteiger partial charge in [-0.15, -0.1) is 0 Å². The van der Waals surface area contributed by atoms with Gasteiger partial charge in [-0.1, -0.05) is 60.7 Å². The van der Waals surface area contributed by atoms with Crippen molar-refractivity contribution >= 4 is 5.91 Å². The van der Waals surface area contributed by atoms with Gasteiger partial charge in [0.2, 0.25) is 5.91 Å². The number of carbonyl (C=O) groups excluding carboxylic acids is 1. The maximum Gasteiger partial charge on any atom is 0.221 e. The summed E-state index contributed by atoms with van der Waals surface area (Å²) in [6, 6.07) is 25.5. The molecule has 0 aliphatic carbocycles. The molecule has 0 heterocycles. The summed E-state index contributed by atoms with van der Waals surface area (Å²) in [5.41, 5.74) is 3.06. The minimum absolute atomic E-state index is 0.0115. The summed E-state index contributed by atoms with van der Waals surface area (Å²) in [6.45, 7) is 0. The highest BCUT2D eigenvalue weighted by molar-refractivity contribution is 5.77. The lowest BCUT2D eigenvalue weighted by Gasteiger charge is -2.20. The number of hydrogen-bond donors (Lipinski definition) is 1. The van der Waals surface area contributed by atoms with Crippen molar-refractivity contribution in [3.8, 4) is 11.5 Å². The van der Waals surface area contributed by atoms with Crippen molar-refractivity contribution in [2.45, 2.75) is 18.9 Å². The van der Waals surface area contributed by atoms with Crippen LogP contribution < -0.4 is 14.8 Å². The first-order chi connectivity index (χ1) is 13.7. The largest absolute Gasteiger partial charge is 0.497 e. The van der Waals surface area contributed by atoms with Crippen molar-refractivity contribution in [1.82, 2.24) is 5.32 Å². The van der Waals surface area contributed by atoms with Gasteiger partial charge in [-0.25, -0.2) is 0 Å². The van der Waals surface area contributed by atoms with E-state index >= 15 is 0 Å². The van der Waals surface area contributed by atoms with Gasteiger partial charge in [0.15, 0.2) is 0 Å². The minimum Gasteiger partial charge on any atom is -0.497 e. The summed E-state index contributed by atoms with van der Waals surface area (Å²) in [4.78, 5) is 12.7. The van der Waals surface area contributed by atoms with Gasteiger partial charge in [-0.2, -0.15) is 0 Å². The minimum atomic E-state index is -0.179. The Kier molecular flexibility index (Phi) is 6.68. The third-order valence-electron chi connectivity index (χ3n) is 4.68. The molecule has 0 bridgehead atoms. The lowest BCUT2D eigenvalue weighted by atomic mass is 9.98. The van der Waals surface area contributed by atoms with E-state index < -0.39 is 0 Å². The Morgan fingerprint density at radius 3 is 2.00 bits per heavy atom. The zero-order valence-corrected chi connectivity index (χ0v) is 16.2. The molecule has 0 aliphatic rings. The topological polar surface area (TPSA) is 47.6 Å². The number of aryl methyl sites for hydroxylation is 1. The summed E-state index contributed by atoms with van der Waals surface area (Å²) in [5.74, 6) is 1.50. The predicted octanol–water partition coefficient (Wildman–Crippen LogP) is 4.54. The summed E-state index contributed by atoms with van der Waals surface area (Å²) in [6.07, 6.45) is 0.933. The molecule has 0 saturated heterocycles. The molecule has 1 amide bonds. The number of hydrogen-bond acceptors (Lipinski definition) is 3. The number of ether oxygens (including phenoxy) is 2. The smallest absolute Gasteiger partial charge is 0.221 e. The van der Waals surface area contributed by atoms with Gasteiger partial charge < -0.3 is 14.8 Å². The molecule has 0 unspecified atom stereocenters. The first kappa shape index (κ1) is 19.5. The zero-order chi connectivity index (χ0) is 19.8. The van der Waals surface area contributed by atoms with E-state index in [4.69, 9.17) is 9.47 Å². The fourth-order valence-electron chi connectivity index (χ4n) is 3.21. The fraction of sp³-hybridized carbons (Fsp3) is 0.208. The molecule has 3 rings (SSSR count). The lowest BCUT2D eigenvalue weighted by molar-refractivity contribution is -0.121. The highest BCUT2D eigenvalue weighted by Crippen LogP contribution is 2.26. The summed E-state index contributed by atoms with van der Waals surface area (Å²) < 4.78 is 10.7. The Hall–Kier alpha value is -3.27. The standard InChI is InChI=1S/C24H25NO3/c1-27-21-14-15-22(28-2)20(17-21)13-16-23(26)25-24(18-9-5-3-6-10-18)19-11-7-4-8-12-19/h3-12,14-15,17,24H,13,16H2,1-2H3,(H,25,26). The van der Waals surface area contributed by atoms with Crippen molar-refractivity contribution in [3.63, 3.8) is 0 Å². The molecule has 1 N–H and O–H groups in total. The molecule has 144 valence electrons. The maximum absolute atomic E-state index is 12.7. The Bertz CT molecular complexity index is 855. The van der Waals surface area contributed by atoms with Gasteiger partial charge in [0.25, 0.3) is 0 Å². The lowest BCUT2D eigenvalue weighted by Crippen LogP contribution is -2.29. The van der Waals surface area contributed by atoms with Crippen molar-refractivity contribution in [3.05, 3.63) is 95.6 Å². The van der Waals surface area contributed by atoms with Crippen LogP contribution in [0.5, 0.6) is 11.5 Å². The van der Waals surface area contributed by atoms with Crippen LogP contribution in [0.4, 0.5) is 0 Å². The Morgan fingerprint density at radius 2 is 1.46 bits per heavy atom. The second-order valence-electron chi connectivity index (χ2n) is 6.50. The molecular formula is C24H25NO3. The molecular weight excluding hydrogens is 350 g/mol. The molecule has 3 aromatic rings. The van der Waals surface area contributed by atoms with E-state index in [1.54, 1.807) is 14.2 Å². The van der Waals surface area contributed by atoms with E-state index in [9.17, 15) is 4.79 Å². The third-order valence-corrected chi connectivity index (χ3v) is 4.68. The van der Waals surface area contributed by atoms with Gasteiger partial charge >= 0.3 is 0 Å². The number of rotatable bonds is 8. The van der Waals surface area contributed by atoms with E-state index in [0.29, 0.717) is 12.8 Å². The van der Waals surface area contributed by atoms with Crippen LogP contribution in [0.1, 0.15) is 29.2 Å². The van der Waals surface area contributed by atoms with Crippen LogP contribution in [-0.2, 0) is 11.2 Å². The molecule has 3 aromatic carbocycles. The first-order valence-corrected chi connectivity index (χ1v) is 9.31. The normalized spacial score (nSPS) is 10.5. The van der Waals surface area contributed by atoms with Crippen LogP contribution in [-0.4, -0.2) is 20.1 Å². The summed E-state index contributed by atoms with van der Waals surface area (Å²) >= 11 is 0. The Labute approximate surface area is 166 Å². The van der Waals surface area contributed by atoms with E-state index in [1.807, 2.05) is 78.9 Å². The molecule has 0 aliphatic heterocycles. The number of benzene rings is 3. The molecule has 0 spiro atoms. The van der Waals surface area contributed by atoms with Gasteiger partial charge in [0, 0.05) is 6.42 Å². The van der Waals surface area contributed by atoms with Crippen molar-refractivity contribution < 1.29 is 14.3 Å². The number of nitrogens with one attached hydrogen (secondary N) is 1. The van der Waals surface area contributed by atoms with E-state index in [0.717, 1.165) is 28.2 Å². The van der Waals surface area contributed by atoms with E-state index in [2.05, 4.69) is 5.32 Å². The van der Waals surface area contributed by atoms with E-state index in [1.165, 1.54) is 0 Å². The Morgan fingerprint density at radius 1 is 0.857 bits per heavy atom. The molecule has 0 radical (unpaired) electrons. The first-order valence-electron chi connectivity index (χ1n) is 9.31. The second-order valence-corrected chi connectivity index (χ2v) is 6.50. The van der Waals surface area contributed by atoms with Crippen LogP contribution in [0.25, 0.3) is 0 Å². The van der Waals surface area contributed by atoms with Crippen LogP contribution >= 0.6 is 0 Å². The molecule has 0 atom stereocenters. The average molecular weight is 375 g/mol. The zero-order valence-electron chi connectivity index (χ0n) is 16.2. The molecule has 0 fully saturated rings. The van der Waals surface area contributed by atoms with Gasteiger partial charge in [-0.3, -0.25) is 4.79 Å². The molecule has 4 nitrogen and oxygen atoms in total. The monoisotopic (exact) mass is 375 g/mol. The van der Waals surface area contributed by atoms with Crippen LogP contribution in [0.15, 0.2) is 78.9 Å². The maximum atomic E-state index is 12.7. The average Bonchev–Trinajstić information content (AvgIpc) is 2.77. The third kappa shape index (κ3) is 4.92. The number of carbonyl (C=O) groups is 1. The number of amides is 1. The SMILES string of the molecule is COc1ccc(OC)c(CCC(=O)NC(c2ccccc2)c2ccccc2)c1. The molecule has 4 heteroatoms. The van der Waals surface area contributed by atoms with Gasteiger partial charge in [-0.05, 0) is 41.3 Å². The fourth-order valence-corrected chi connectivity index (χ4v) is 3.21. The van der Waals surface area contributed by atoms with Crippen molar-refractivity contribution in [1.29, 1.82) is 0 Å². The molecule has 0 saturated carbocycles. The van der Waals surface area contributed by atoms with Crippen LogP contribution in [0.2, 0.25) is 0 Å². The highest BCUT2D eigenvalue weighted by Gasteiger charge is 2.17. The van der Waals surface area contributed by atoms with E-state index in [-0.39, 0.29) is 11.9 Å². The predicted molar refractivity (Wildman–Crippen MR) is 111 cm³/mol. The summed E-state index contributed by atoms with van der Waals surface area (Å²) in [7, 11) is 3.26. The van der Waals surface area contributed by atoms with Crippen molar-refractivity contribution in [2.24, 2.45) is 0 Å². The number of methoxy groups -OCH3 is 2. The van der Waals surface area contributed by atoms with Crippen molar-refractivity contribution in [2.75, 3.05) is 14.2 Å². The van der Waals surface area contributed by atoms with Crippen LogP contribution in [0.3, 0.4) is 0 Å². The Balaban J connectivity index is 1.73. The second kappa shape index (κ2) is 9.60. The van der Waals surface area contributed by atoms with Crippen LogP contribution in [0, 0.1) is 0 Å². The quantitative estimate of drug-likeness (QED) is 0.629. The molecule has 28 heavy (non-hydrogen) atoms. The summed E-state index contributed by atoms with van der Waals surface area (Å²) in [5, 5.41) is 3.17. The van der Waals surface area contributed by atoms with Gasteiger partial charge in [0.1, 0.15) is 11.5 Å². The van der Waals surface area contributed by atoms with Gasteiger partial charge in [0.05, 0.1) is 20.3 Å². The highest BCUT2D eigenvalue weighted by atomic mass is 16.5. The molecule has 0 aromatic heterocycles.